The third-order valence-corrected chi connectivity index (χ3v) is 7.60. The summed E-state index contributed by atoms with van der Waals surface area (Å²) in [6, 6.07) is 1.22. The van der Waals surface area contributed by atoms with Crippen LogP contribution in [0.15, 0.2) is 29.2 Å². The van der Waals surface area contributed by atoms with E-state index in [2.05, 4.69) is 16.0 Å². The minimum absolute atomic E-state index is 0.106. The number of nitro benzene ring substituents is 1. The molecule has 0 radical (unpaired) electrons. The molecule has 0 bridgehead atoms. The Bertz CT molecular complexity index is 1200. The summed E-state index contributed by atoms with van der Waals surface area (Å²) in [4.78, 5) is 58.7. The number of hydrogen-bond acceptors (Lipinski definition) is 10. The van der Waals surface area contributed by atoms with Crippen LogP contribution in [0.4, 0.5) is 10.5 Å². The number of rotatable bonds is 14. The number of nitro groups is 1. The maximum atomic E-state index is 13.2. The van der Waals surface area contributed by atoms with Gasteiger partial charge >= 0.3 is 12.1 Å². The van der Waals surface area contributed by atoms with Crippen molar-refractivity contribution in [3.05, 3.63) is 34.4 Å². The highest BCUT2D eigenvalue weighted by Gasteiger charge is 2.33. The Balaban J connectivity index is 2.69. The maximum absolute atomic E-state index is 13.2. The Morgan fingerprint density at radius 1 is 0.976 bits per heavy atom. The third-order valence-electron chi connectivity index (χ3n) is 5.61. The molecule has 0 aliphatic carbocycles. The molecule has 0 heterocycles. The Labute approximate surface area is 239 Å². The molecule has 0 aliphatic rings. The number of esters is 1. The minimum atomic E-state index is -4.22. The summed E-state index contributed by atoms with van der Waals surface area (Å²) >= 11 is 0. The van der Waals surface area contributed by atoms with Crippen molar-refractivity contribution in [1.82, 2.24) is 20.3 Å². The first kappa shape index (κ1) is 35.2. The molecule has 1 aromatic carbocycles. The minimum Gasteiger partial charge on any atom is -0.468 e. The zero-order chi connectivity index (χ0) is 31.5. The van der Waals surface area contributed by atoms with Gasteiger partial charge in [-0.2, -0.15) is 4.31 Å². The molecular formula is C25H39N5O10S. The second kappa shape index (κ2) is 15.3. The second-order valence-electron chi connectivity index (χ2n) is 10.2. The van der Waals surface area contributed by atoms with Crippen LogP contribution in [0.1, 0.15) is 54.4 Å². The molecule has 0 saturated carbocycles. The Hall–Kier alpha value is -3.79. The van der Waals surface area contributed by atoms with Crippen molar-refractivity contribution >= 4 is 39.6 Å². The van der Waals surface area contributed by atoms with Crippen LogP contribution in [0.3, 0.4) is 0 Å². The molecule has 3 amide bonds. The molecule has 230 valence electrons. The summed E-state index contributed by atoms with van der Waals surface area (Å²) < 4.78 is 37.2. The van der Waals surface area contributed by atoms with E-state index in [0.717, 1.165) is 35.7 Å². The van der Waals surface area contributed by atoms with Crippen molar-refractivity contribution in [2.45, 2.75) is 83.0 Å². The van der Waals surface area contributed by atoms with E-state index in [-0.39, 0.29) is 30.1 Å². The van der Waals surface area contributed by atoms with Crippen LogP contribution in [0, 0.1) is 10.1 Å². The number of non-ortho nitro benzene ring substituents is 1. The summed E-state index contributed by atoms with van der Waals surface area (Å²) in [5, 5.41) is 18.4. The number of amides is 3. The SMILES string of the molecule is COC(=O)[C@H](C)N(CCCCNC(=O)[C@H](C)NC(=O)[C@H](C)NC(=O)OC(C)(C)C)S(=O)(=O)c1ccc([N+](=O)[O-])cc1. The first-order valence-electron chi connectivity index (χ1n) is 12.8. The lowest BCUT2D eigenvalue weighted by Gasteiger charge is -2.26. The first-order valence-corrected chi connectivity index (χ1v) is 14.3. The number of ether oxygens (including phenoxy) is 2. The van der Waals surface area contributed by atoms with Crippen molar-refractivity contribution in [1.29, 1.82) is 0 Å². The molecule has 0 spiro atoms. The van der Waals surface area contributed by atoms with Crippen LogP contribution in [0.25, 0.3) is 0 Å². The molecule has 16 heteroatoms. The summed E-state index contributed by atoms with van der Waals surface area (Å²) in [7, 11) is -3.09. The smallest absolute Gasteiger partial charge is 0.408 e. The van der Waals surface area contributed by atoms with Crippen LogP contribution in [0.5, 0.6) is 0 Å². The molecular weight excluding hydrogens is 562 g/mol. The van der Waals surface area contributed by atoms with Gasteiger partial charge in [-0.3, -0.25) is 24.5 Å². The van der Waals surface area contributed by atoms with Crippen molar-refractivity contribution < 1.29 is 42.0 Å². The molecule has 15 nitrogen and oxygen atoms in total. The zero-order valence-electron chi connectivity index (χ0n) is 24.3. The van der Waals surface area contributed by atoms with E-state index in [1.54, 1.807) is 20.8 Å². The van der Waals surface area contributed by atoms with Gasteiger partial charge in [0.2, 0.25) is 21.8 Å². The molecule has 3 atom stereocenters. The summed E-state index contributed by atoms with van der Waals surface area (Å²) in [6.45, 7) is 9.34. The average molecular weight is 602 g/mol. The van der Waals surface area contributed by atoms with Crippen molar-refractivity contribution in [2.75, 3.05) is 20.2 Å². The van der Waals surface area contributed by atoms with E-state index in [1.165, 1.54) is 20.8 Å². The number of nitrogens with one attached hydrogen (secondary N) is 3. The van der Waals surface area contributed by atoms with Crippen molar-refractivity contribution in [3.63, 3.8) is 0 Å². The number of carbonyl (C=O) groups is 4. The number of hydrogen-bond donors (Lipinski definition) is 3. The Morgan fingerprint density at radius 2 is 1.54 bits per heavy atom. The lowest BCUT2D eigenvalue weighted by Crippen LogP contribution is -2.52. The fourth-order valence-corrected chi connectivity index (χ4v) is 5.02. The first-order chi connectivity index (χ1) is 18.9. The highest BCUT2D eigenvalue weighted by Crippen LogP contribution is 2.22. The number of benzene rings is 1. The molecule has 0 aromatic heterocycles. The highest BCUT2D eigenvalue weighted by atomic mass is 32.2. The average Bonchev–Trinajstić information content (AvgIpc) is 2.88. The van der Waals surface area contributed by atoms with Crippen LogP contribution in [-0.4, -0.2) is 85.4 Å². The van der Waals surface area contributed by atoms with Gasteiger partial charge in [0.1, 0.15) is 23.7 Å². The summed E-state index contributed by atoms with van der Waals surface area (Å²) in [5.41, 5.74) is -1.03. The standard InChI is InChI=1S/C25H39N5O10S/c1-16(27-22(32)17(2)28-24(34)40-25(4,5)6)21(31)26-14-8-9-15-29(18(3)23(33)39-7)41(37,38)20-12-10-19(11-13-20)30(35)36/h10-13,16-18H,8-9,14-15H2,1-7H3,(H,26,31)(H,27,32)(H,28,34)/t16-,17-,18-/m0/s1. The largest absolute Gasteiger partial charge is 0.468 e. The van der Waals surface area contributed by atoms with E-state index in [1.807, 2.05) is 0 Å². The summed E-state index contributed by atoms with van der Waals surface area (Å²) in [6.07, 6.45) is -0.211. The van der Waals surface area contributed by atoms with Gasteiger partial charge in [-0.05, 0) is 66.5 Å². The molecule has 0 aliphatic heterocycles. The van der Waals surface area contributed by atoms with Gasteiger partial charge in [0.05, 0.1) is 16.9 Å². The number of nitrogens with zero attached hydrogens (tertiary/aromatic N) is 2. The van der Waals surface area contributed by atoms with E-state index in [0.29, 0.717) is 6.42 Å². The fourth-order valence-electron chi connectivity index (χ4n) is 3.40. The van der Waals surface area contributed by atoms with Crippen molar-refractivity contribution in [3.8, 4) is 0 Å². The van der Waals surface area contributed by atoms with E-state index < -0.39 is 62.6 Å². The highest BCUT2D eigenvalue weighted by molar-refractivity contribution is 7.89. The quantitative estimate of drug-likeness (QED) is 0.121. The van der Waals surface area contributed by atoms with Crippen LogP contribution in [0.2, 0.25) is 0 Å². The number of unbranched alkanes of at least 4 members (excludes halogenated alkanes) is 1. The molecule has 3 N–H and O–H groups in total. The number of carbonyl (C=O) groups excluding carboxylic acids is 4. The van der Waals surface area contributed by atoms with Gasteiger partial charge < -0.3 is 25.4 Å². The topological polar surface area (TPSA) is 203 Å². The Kier molecular flexibility index (Phi) is 13.1. The molecule has 1 aromatic rings. The number of sulfonamides is 1. The monoisotopic (exact) mass is 601 g/mol. The number of alkyl carbamates (subject to hydrolysis) is 1. The lowest BCUT2D eigenvalue weighted by molar-refractivity contribution is -0.384. The lowest BCUT2D eigenvalue weighted by atomic mass is 10.2. The Morgan fingerprint density at radius 3 is 2.05 bits per heavy atom. The van der Waals surface area contributed by atoms with Gasteiger partial charge in [-0.1, -0.05) is 0 Å². The fraction of sp³-hybridized carbons (Fsp3) is 0.600. The third kappa shape index (κ3) is 11.3. The van der Waals surface area contributed by atoms with E-state index in [9.17, 15) is 37.7 Å². The van der Waals surface area contributed by atoms with E-state index in [4.69, 9.17) is 9.47 Å². The van der Waals surface area contributed by atoms with Gasteiger partial charge in [0, 0.05) is 25.2 Å². The second-order valence-corrected chi connectivity index (χ2v) is 12.1. The molecule has 41 heavy (non-hydrogen) atoms. The summed E-state index contributed by atoms with van der Waals surface area (Å²) in [5.74, 6) is -1.88. The number of methoxy groups -OCH3 is 1. The zero-order valence-corrected chi connectivity index (χ0v) is 25.1. The maximum Gasteiger partial charge on any atom is 0.408 e. The van der Waals surface area contributed by atoms with Crippen LogP contribution in [-0.2, 0) is 33.9 Å². The normalized spacial score (nSPS) is 13.9. The molecule has 0 unspecified atom stereocenters. The predicted octanol–water partition coefficient (Wildman–Crippen LogP) is 1.46. The van der Waals surface area contributed by atoms with E-state index >= 15 is 0 Å². The van der Waals surface area contributed by atoms with Crippen LogP contribution < -0.4 is 16.0 Å². The van der Waals surface area contributed by atoms with Gasteiger partial charge in [-0.25, -0.2) is 13.2 Å². The molecule has 0 saturated heterocycles. The molecule has 1 rings (SSSR count). The predicted molar refractivity (Wildman–Crippen MR) is 147 cm³/mol. The van der Waals surface area contributed by atoms with Gasteiger partial charge in [0.15, 0.2) is 0 Å². The molecule has 0 fully saturated rings. The van der Waals surface area contributed by atoms with Crippen molar-refractivity contribution in [2.24, 2.45) is 0 Å². The van der Waals surface area contributed by atoms with Crippen LogP contribution >= 0.6 is 0 Å². The van der Waals surface area contributed by atoms with Gasteiger partial charge in [-0.15, -0.1) is 0 Å². The van der Waals surface area contributed by atoms with Gasteiger partial charge in [0.25, 0.3) is 5.69 Å².